The van der Waals surface area contributed by atoms with Crippen molar-refractivity contribution in [2.75, 3.05) is 5.75 Å². The smallest absolute Gasteiger partial charge is 0.250 e. The molecule has 0 spiro atoms. The van der Waals surface area contributed by atoms with Crippen LogP contribution in [-0.4, -0.2) is 26.1 Å². The standard InChI is InChI=1S/C13H18N2O3S/c1-2-7-19(17,18)15-13(16)12-8-10-5-3-4-6-11(10)9-14-12/h3-6,12,14H,2,7-9H2,1H3,(H,15,16). The maximum atomic E-state index is 11.9. The Labute approximate surface area is 113 Å². The van der Waals surface area contributed by atoms with Crippen LogP contribution < -0.4 is 10.0 Å². The average molecular weight is 282 g/mol. The van der Waals surface area contributed by atoms with Gasteiger partial charge in [-0.3, -0.25) is 9.52 Å². The van der Waals surface area contributed by atoms with E-state index in [2.05, 4.69) is 10.0 Å². The Morgan fingerprint density at radius 3 is 2.74 bits per heavy atom. The summed E-state index contributed by atoms with van der Waals surface area (Å²) in [5.41, 5.74) is 2.25. The molecule has 0 aliphatic carbocycles. The Hall–Kier alpha value is -1.40. The fourth-order valence-electron chi connectivity index (χ4n) is 2.18. The molecule has 0 radical (unpaired) electrons. The normalized spacial score (nSPS) is 18.7. The number of nitrogens with one attached hydrogen (secondary N) is 2. The van der Waals surface area contributed by atoms with E-state index in [9.17, 15) is 13.2 Å². The predicted molar refractivity (Wildman–Crippen MR) is 73.0 cm³/mol. The number of benzene rings is 1. The van der Waals surface area contributed by atoms with Crippen molar-refractivity contribution in [3.05, 3.63) is 35.4 Å². The van der Waals surface area contributed by atoms with Crippen LogP contribution >= 0.6 is 0 Å². The van der Waals surface area contributed by atoms with Crippen LogP contribution in [0.3, 0.4) is 0 Å². The highest BCUT2D eigenvalue weighted by atomic mass is 32.2. The van der Waals surface area contributed by atoms with E-state index in [0.29, 0.717) is 19.4 Å². The van der Waals surface area contributed by atoms with Crippen molar-refractivity contribution < 1.29 is 13.2 Å². The monoisotopic (exact) mass is 282 g/mol. The second-order valence-electron chi connectivity index (χ2n) is 4.69. The molecule has 1 aromatic rings. The lowest BCUT2D eigenvalue weighted by atomic mass is 9.96. The molecule has 0 bridgehead atoms. The first-order valence-corrected chi connectivity index (χ1v) is 8.01. The molecule has 1 heterocycles. The quantitative estimate of drug-likeness (QED) is 0.846. The van der Waals surface area contributed by atoms with Crippen LogP contribution in [0.15, 0.2) is 24.3 Å². The first-order chi connectivity index (χ1) is 9.02. The van der Waals surface area contributed by atoms with E-state index >= 15 is 0 Å². The summed E-state index contributed by atoms with van der Waals surface area (Å²) in [4.78, 5) is 11.9. The Bertz CT molecular complexity index is 569. The van der Waals surface area contributed by atoms with Crippen molar-refractivity contribution in [3.63, 3.8) is 0 Å². The molecular weight excluding hydrogens is 264 g/mol. The van der Waals surface area contributed by atoms with Crippen molar-refractivity contribution in [1.29, 1.82) is 0 Å². The highest BCUT2D eigenvalue weighted by Crippen LogP contribution is 2.16. The number of hydrogen-bond acceptors (Lipinski definition) is 4. The van der Waals surface area contributed by atoms with Crippen LogP contribution in [0.5, 0.6) is 0 Å². The number of sulfonamides is 1. The van der Waals surface area contributed by atoms with E-state index in [1.807, 2.05) is 24.3 Å². The second kappa shape index (κ2) is 5.71. The van der Waals surface area contributed by atoms with E-state index in [0.717, 1.165) is 11.1 Å². The zero-order valence-corrected chi connectivity index (χ0v) is 11.7. The molecule has 5 nitrogen and oxygen atoms in total. The molecule has 2 N–H and O–H groups in total. The molecule has 0 saturated heterocycles. The summed E-state index contributed by atoms with van der Waals surface area (Å²) >= 11 is 0. The fourth-order valence-corrected chi connectivity index (χ4v) is 3.27. The summed E-state index contributed by atoms with van der Waals surface area (Å²) < 4.78 is 25.3. The van der Waals surface area contributed by atoms with Crippen LogP contribution in [0.2, 0.25) is 0 Å². The minimum atomic E-state index is -3.50. The zero-order valence-electron chi connectivity index (χ0n) is 10.8. The molecule has 1 aromatic carbocycles. The second-order valence-corrected chi connectivity index (χ2v) is 6.53. The molecule has 6 heteroatoms. The van der Waals surface area contributed by atoms with Gasteiger partial charge in [0.1, 0.15) is 0 Å². The van der Waals surface area contributed by atoms with Gasteiger partial charge in [-0.25, -0.2) is 8.42 Å². The van der Waals surface area contributed by atoms with E-state index in [-0.39, 0.29) is 5.75 Å². The number of carbonyl (C=O) groups is 1. The van der Waals surface area contributed by atoms with E-state index in [1.165, 1.54) is 0 Å². The number of amides is 1. The van der Waals surface area contributed by atoms with Gasteiger partial charge < -0.3 is 5.32 Å². The lowest BCUT2D eigenvalue weighted by Crippen LogP contribution is -2.49. The molecule has 2 rings (SSSR count). The summed E-state index contributed by atoms with van der Waals surface area (Å²) in [6.45, 7) is 2.35. The van der Waals surface area contributed by atoms with Gasteiger partial charge in [0.2, 0.25) is 10.0 Å². The van der Waals surface area contributed by atoms with Crippen molar-refractivity contribution in [1.82, 2.24) is 10.0 Å². The zero-order chi connectivity index (χ0) is 13.9. The third-order valence-electron chi connectivity index (χ3n) is 3.13. The molecular formula is C13H18N2O3S. The van der Waals surface area contributed by atoms with Crippen LogP contribution in [0.25, 0.3) is 0 Å². The fraction of sp³-hybridized carbons (Fsp3) is 0.462. The summed E-state index contributed by atoms with van der Waals surface area (Å²) in [5.74, 6) is -0.495. The Morgan fingerprint density at radius 1 is 1.37 bits per heavy atom. The number of hydrogen-bond donors (Lipinski definition) is 2. The van der Waals surface area contributed by atoms with Gasteiger partial charge in [-0.1, -0.05) is 31.2 Å². The summed E-state index contributed by atoms with van der Waals surface area (Å²) in [6.07, 6.45) is 1.01. The molecule has 1 aliphatic rings. The van der Waals surface area contributed by atoms with Crippen molar-refractivity contribution in [2.24, 2.45) is 0 Å². The lowest BCUT2D eigenvalue weighted by Gasteiger charge is -2.25. The molecule has 1 unspecified atom stereocenters. The molecule has 104 valence electrons. The van der Waals surface area contributed by atoms with E-state index in [4.69, 9.17) is 0 Å². The van der Waals surface area contributed by atoms with Crippen molar-refractivity contribution in [2.45, 2.75) is 32.4 Å². The van der Waals surface area contributed by atoms with Gasteiger partial charge >= 0.3 is 0 Å². The van der Waals surface area contributed by atoms with Gasteiger partial charge in [-0.2, -0.15) is 0 Å². The van der Waals surface area contributed by atoms with Crippen LogP contribution in [0.1, 0.15) is 24.5 Å². The molecule has 1 amide bonds. The SMILES string of the molecule is CCCS(=O)(=O)NC(=O)C1Cc2ccccc2CN1. The molecule has 1 aliphatic heterocycles. The van der Waals surface area contributed by atoms with E-state index < -0.39 is 22.0 Å². The van der Waals surface area contributed by atoms with Gasteiger partial charge in [-0.05, 0) is 24.0 Å². The van der Waals surface area contributed by atoms with Crippen molar-refractivity contribution in [3.8, 4) is 0 Å². The maximum Gasteiger partial charge on any atom is 0.250 e. The maximum absolute atomic E-state index is 11.9. The number of carbonyl (C=O) groups excluding carboxylic acids is 1. The van der Waals surface area contributed by atoms with Crippen molar-refractivity contribution >= 4 is 15.9 Å². The topological polar surface area (TPSA) is 75.3 Å². The molecule has 1 atom stereocenters. The third-order valence-corrected chi connectivity index (χ3v) is 4.58. The Kier molecular flexibility index (Phi) is 4.21. The average Bonchev–Trinajstić information content (AvgIpc) is 2.37. The minimum Gasteiger partial charge on any atom is -0.301 e. The largest absolute Gasteiger partial charge is 0.301 e. The molecule has 19 heavy (non-hydrogen) atoms. The van der Waals surface area contributed by atoms with Crippen LogP contribution in [0, 0.1) is 0 Å². The van der Waals surface area contributed by atoms with Gasteiger partial charge in [0.25, 0.3) is 5.91 Å². The highest BCUT2D eigenvalue weighted by Gasteiger charge is 2.26. The van der Waals surface area contributed by atoms with Gasteiger partial charge in [0, 0.05) is 6.54 Å². The summed E-state index contributed by atoms with van der Waals surface area (Å²) in [7, 11) is -3.50. The van der Waals surface area contributed by atoms with Gasteiger partial charge in [0.05, 0.1) is 11.8 Å². The molecule has 0 saturated carbocycles. The van der Waals surface area contributed by atoms with E-state index in [1.54, 1.807) is 6.92 Å². The predicted octanol–water partition coefficient (Wildman–Crippen LogP) is 0.557. The summed E-state index contributed by atoms with van der Waals surface area (Å²) in [5, 5.41) is 3.06. The lowest BCUT2D eigenvalue weighted by molar-refractivity contribution is -0.121. The Balaban J connectivity index is 2.03. The molecule has 0 fully saturated rings. The number of fused-ring (bicyclic) bond motifs is 1. The van der Waals surface area contributed by atoms with Gasteiger partial charge in [0.15, 0.2) is 0 Å². The summed E-state index contributed by atoms with van der Waals surface area (Å²) in [6, 6.07) is 7.36. The number of rotatable bonds is 4. The van der Waals surface area contributed by atoms with Crippen LogP contribution in [-0.2, 0) is 27.8 Å². The highest BCUT2D eigenvalue weighted by molar-refractivity contribution is 7.90. The first-order valence-electron chi connectivity index (χ1n) is 6.36. The minimum absolute atomic E-state index is 0.0257. The third kappa shape index (κ3) is 3.54. The first kappa shape index (κ1) is 14.0. The van der Waals surface area contributed by atoms with Gasteiger partial charge in [-0.15, -0.1) is 0 Å². The molecule has 0 aromatic heterocycles. The van der Waals surface area contributed by atoms with Crippen LogP contribution in [0.4, 0.5) is 0 Å². The Morgan fingerprint density at radius 2 is 2.05 bits per heavy atom.